The standard InChI is InChI=1S/C33H27ClN8O16S5.4Na/c34-31-38-32(36-20-4-1-5-23(14-20)59(44,45)12-11-58-63(55,56)57)40-33(39-31)37-22-9-10-27(61(49,50)51)26(17-22)41-42-29-28(62(52,53)54)13-18-7-8-21(16-25(18)30(29)43)35-19-3-2-6-24(15-19)60(46,47)48;;;;/h1-10,13-17,35,41H,11-12H2,(H,46,47,48)(H,49,50,51)(H,52,53,54)(H,55,56,57)(H2,36,37,38,39,40);;;;/q;4*+1/p-4/b42-29+;;;;. The largest absolute Gasteiger partial charge is 1.00 e. The summed E-state index contributed by atoms with van der Waals surface area (Å²) >= 11 is 6.08. The molecule has 0 radical (unpaired) electrons. The summed E-state index contributed by atoms with van der Waals surface area (Å²) in [5.41, 5.74) is 0.402. The van der Waals surface area contributed by atoms with Crippen LogP contribution < -0.4 is 140 Å². The molecule has 4 aromatic carbocycles. The van der Waals surface area contributed by atoms with E-state index in [4.69, 9.17) is 11.6 Å². The molecule has 0 saturated carbocycles. The Kier molecular flexibility index (Phi) is 22.3. The van der Waals surface area contributed by atoms with Gasteiger partial charge in [-0.2, -0.15) is 20.1 Å². The number of fused-ring (bicyclic) bond motifs is 1. The number of benzene rings is 4. The van der Waals surface area contributed by atoms with E-state index < -0.39 is 100 Å². The minimum absolute atomic E-state index is 0. The van der Waals surface area contributed by atoms with Crippen molar-refractivity contribution in [3.63, 3.8) is 0 Å². The van der Waals surface area contributed by atoms with Gasteiger partial charge < -0.3 is 34.2 Å². The molecular weight excluding hydrogens is 1050 g/mol. The summed E-state index contributed by atoms with van der Waals surface area (Å²) in [5, 5.41) is 11.4. The van der Waals surface area contributed by atoms with Gasteiger partial charge >= 0.3 is 118 Å². The number of ketones is 1. The molecule has 34 heteroatoms. The van der Waals surface area contributed by atoms with Gasteiger partial charge in [-0.25, -0.2) is 42.1 Å². The first-order chi connectivity index (χ1) is 29.2. The summed E-state index contributed by atoms with van der Waals surface area (Å²) in [6.45, 7) is -0.940. The molecule has 6 rings (SSSR count). The molecule has 0 atom stereocenters. The molecule has 0 amide bonds. The number of Topliss-reactive ketones (excluding diaryl/α,β-unsaturated/α-hetero) is 1. The molecule has 0 fully saturated rings. The van der Waals surface area contributed by atoms with E-state index in [9.17, 15) is 65.1 Å². The smallest absolute Gasteiger partial charge is 0.744 e. The maximum atomic E-state index is 13.8. The zero-order chi connectivity index (χ0) is 46.1. The van der Waals surface area contributed by atoms with Gasteiger partial charge in [-0.15, -0.1) is 0 Å². The molecule has 1 aliphatic rings. The molecule has 67 heavy (non-hydrogen) atoms. The molecule has 24 nitrogen and oxygen atoms in total. The van der Waals surface area contributed by atoms with Crippen LogP contribution in [0.3, 0.4) is 0 Å². The number of hydrazone groups is 1. The van der Waals surface area contributed by atoms with Gasteiger partial charge in [-0.05, 0) is 90.0 Å². The number of hydrogen-bond donors (Lipinski definition) is 4. The molecule has 332 valence electrons. The van der Waals surface area contributed by atoms with E-state index in [2.05, 4.69) is 45.6 Å². The average molecular weight is 1080 g/mol. The number of rotatable bonds is 16. The topological polar surface area (TPSA) is 388 Å². The number of carbonyl (C=O) groups is 1. The molecule has 5 aromatic rings. The third-order valence-corrected chi connectivity index (χ3v) is 13.0. The average Bonchev–Trinajstić information content (AvgIpc) is 3.16. The van der Waals surface area contributed by atoms with Crippen molar-refractivity contribution in [3.8, 4) is 0 Å². The van der Waals surface area contributed by atoms with Crippen molar-refractivity contribution >= 4 is 120 Å². The van der Waals surface area contributed by atoms with E-state index >= 15 is 0 Å². The van der Waals surface area contributed by atoms with E-state index in [0.717, 1.165) is 42.5 Å². The Morgan fingerprint density at radius 2 is 1.15 bits per heavy atom. The summed E-state index contributed by atoms with van der Waals surface area (Å²) in [5.74, 6) is -2.65. The van der Waals surface area contributed by atoms with Crippen LogP contribution in [0.5, 0.6) is 0 Å². The third kappa shape index (κ3) is 16.8. The van der Waals surface area contributed by atoms with Crippen LogP contribution in [-0.2, 0) is 54.8 Å². The molecule has 1 heterocycles. The molecule has 0 unspecified atom stereocenters. The molecular formula is C33H23ClN8Na4O16S5. The van der Waals surface area contributed by atoms with Crippen LogP contribution in [0.25, 0.3) is 6.08 Å². The Morgan fingerprint density at radius 3 is 1.72 bits per heavy atom. The zero-order valence-corrected chi connectivity index (χ0v) is 47.7. The van der Waals surface area contributed by atoms with Gasteiger partial charge in [-0.1, -0.05) is 18.2 Å². The zero-order valence-electron chi connectivity index (χ0n) is 34.8. The number of sulfone groups is 1. The van der Waals surface area contributed by atoms with Crippen molar-refractivity contribution in [2.45, 2.75) is 14.7 Å². The summed E-state index contributed by atoms with van der Waals surface area (Å²) < 4.78 is 170. The molecule has 1 aliphatic carbocycles. The molecule has 4 N–H and O–H groups in total. The van der Waals surface area contributed by atoms with Crippen molar-refractivity contribution in [2.24, 2.45) is 5.10 Å². The second kappa shape index (κ2) is 24.4. The fraction of sp³-hybridized carbons (Fsp3) is 0.0606. The van der Waals surface area contributed by atoms with Gasteiger partial charge in [0.1, 0.15) is 36.1 Å². The van der Waals surface area contributed by atoms with Crippen LogP contribution >= 0.6 is 11.6 Å². The van der Waals surface area contributed by atoms with Crippen LogP contribution in [0.15, 0.2) is 110 Å². The van der Waals surface area contributed by atoms with Crippen molar-refractivity contribution in [1.82, 2.24) is 15.0 Å². The second-order valence-electron chi connectivity index (χ2n) is 12.5. The number of anilines is 7. The minimum atomic E-state index is -5.45. The predicted octanol–water partition coefficient (Wildman–Crippen LogP) is -9.62. The number of hydrogen-bond acceptors (Lipinski definition) is 24. The first-order valence-corrected chi connectivity index (χ1v) is 24.4. The molecule has 0 saturated heterocycles. The van der Waals surface area contributed by atoms with Gasteiger partial charge in [0.25, 0.3) is 0 Å². The Balaban J connectivity index is 0.00000385. The molecule has 0 bridgehead atoms. The van der Waals surface area contributed by atoms with Gasteiger partial charge in [0.15, 0.2) is 9.84 Å². The van der Waals surface area contributed by atoms with Crippen LogP contribution in [0, 0.1) is 0 Å². The van der Waals surface area contributed by atoms with Gasteiger partial charge in [0.2, 0.25) is 33.4 Å². The van der Waals surface area contributed by atoms with Crippen LogP contribution in [0.2, 0.25) is 5.28 Å². The number of nitrogens with one attached hydrogen (secondary N) is 4. The quantitative estimate of drug-likeness (QED) is 0.0308. The van der Waals surface area contributed by atoms with E-state index in [1.807, 2.05) is 0 Å². The van der Waals surface area contributed by atoms with Crippen LogP contribution in [0.1, 0.15) is 15.9 Å². The fourth-order valence-electron chi connectivity index (χ4n) is 5.48. The van der Waals surface area contributed by atoms with E-state index in [-0.39, 0.29) is 169 Å². The van der Waals surface area contributed by atoms with Gasteiger partial charge in [0.05, 0.1) is 37.6 Å². The maximum Gasteiger partial charge on any atom is 1.00 e. The van der Waals surface area contributed by atoms with E-state index in [1.165, 1.54) is 48.5 Å². The number of nitrogens with zero attached hydrogens (tertiary/aromatic N) is 4. The maximum absolute atomic E-state index is 13.8. The Hall–Kier alpha value is -1.99. The van der Waals surface area contributed by atoms with Crippen molar-refractivity contribution in [1.29, 1.82) is 0 Å². The summed E-state index contributed by atoms with van der Waals surface area (Å²) in [6.07, 6.45) is 0.823. The SMILES string of the molecule is O=C1/C(=N/Nc2cc(Nc3nc(Cl)nc(Nc4cccc(S(=O)(=O)CCOS(=O)(=O)[O-])c4)n3)ccc2S(=O)(=O)[O-])C(S(=O)(=O)[O-])=Cc2ccc(Nc3cccc(S(=O)(=O)[O-])c3)cc21.[Na+].[Na+].[Na+].[Na+]. The first-order valence-electron chi connectivity index (χ1n) is 16.8. The number of allylic oxidation sites excluding steroid dienone is 1. The third-order valence-electron chi connectivity index (χ3n) is 8.14. The van der Waals surface area contributed by atoms with Crippen molar-refractivity contribution in [2.75, 3.05) is 33.7 Å². The Labute approximate surface area is 475 Å². The van der Waals surface area contributed by atoms with Crippen LogP contribution in [0.4, 0.5) is 40.3 Å². The van der Waals surface area contributed by atoms with Gasteiger partial charge in [0, 0.05) is 28.3 Å². The molecule has 0 aliphatic heterocycles. The minimum Gasteiger partial charge on any atom is -0.744 e. The van der Waals surface area contributed by atoms with Crippen LogP contribution in [-0.4, -0.2) is 99.1 Å². The second-order valence-corrected chi connectivity index (χ2v) is 20.1. The number of halogens is 1. The molecule has 0 spiro atoms. The van der Waals surface area contributed by atoms with Crippen molar-refractivity contribution in [3.05, 3.63) is 106 Å². The van der Waals surface area contributed by atoms with E-state index in [0.29, 0.717) is 0 Å². The normalized spacial score (nSPS) is 13.3. The van der Waals surface area contributed by atoms with Gasteiger partial charge in [-0.3, -0.25) is 14.4 Å². The molecule has 1 aromatic heterocycles. The predicted molar refractivity (Wildman–Crippen MR) is 217 cm³/mol. The number of aromatic nitrogens is 3. The summed E-state index contributed by atoms with van der Waals surface area (Å²) in [7, 11) is -24.9. The first kappa shape index (κ1) is 61.1. The summed E-state index contributed by atoms with van der Waals surface area (Å²) in [6, 6.07) is 16.4. The van der Waals surface area contributed by atoms with E-state index in [1.54, 1.807) is 0 Å². The Bertz CT molecular complexity index is 3360. The number of carbonyl (C=O) groups excluding carboxylic acids is 1. The summed E-state index contributed by atoms with van der Waals surface area (Å²) in [4.78, 5) is 22.7. The monoisotopic (exact) mass is 1070 g/mol. The fourth-order valence-corrected chi connectivity index (χ4v) is 8.93. The van der Waals surface area contributed by atoms with Crippen molar-refractivity contribution < 1.29 is 188 Å². The Morgan fingerprint density at radius 1 is 0.612 bits per heavy atom.